The number of carboxylic acid groups (broad SMARTS) is 1. The van der Waals surface area contributed by atoms with Crippen molar-refractivity contribution in [1.29, 1.82) is 0 Å². The lowest BCUT2D eigenvalue weighted by molar-refractivity contribution is -0.147. The Hall–Kier alpha value is -2.02. The Morgan fingerprint density at radius 3 is 2.52 bits per heavy atom. The fourth-order valence-electron chi connectivity index (χ4n) is 4.06. The lowest BCUT2D eigenvalue weighted by atomic mass is 9.76. The Balaban J connectivity index is 1.64. The van der Waals surface area contributed by atoms with Crippen molar-refractivity contribution in [3.8, 4) is 0 Å². The monoisotopic (exact) mass is 352 g/mol. The molecule has 2 saturated heterocycles. The molecule has 2 fully saturated rings. The van der Waals surface area contributed by atoms with Gasteiger partial charge in [-0.25, -0.2) is 13.6 Å². The number of piperidine rings is 1. The van der Waals surface area contributed by atoms with Crippen LogP contribution in [0.3, 0.4) is 0 Å². The van der Waals surface area contributed by atoms with Gasteiger partial charge in [0, 0.05) is 25.6 Å². The lowest BCUT2D eigenvalue weighted by Crippen LogP contribution is -2.42. The lowest BCUT2D eigenvalue weighted by Gasteiger charge is -2.39. The van der Waals surface area contributed by atoms with Crippen molar-refractivity contribution in [3.63, 3.8) is 0 Å². The molecule has 7 heteroatoms. The van der Waals surface area contributed by atoms with Crippen LogP contribution in [-0.2, 0) is 16.1 Å². The molecule has 3 rings (SSSR count). The molecule has 1 spiro atoms. The van der Waals surface area contributed by atoms with Crippen LogP contribution in [0.1, 0.15) is 31.7 Å². The van der Waals surface area contributed by atoms with Crippen molar-refractivity contribution in [2.24, 2.45) is 5.41 Å². The third-order valence-corrected chi connectivity index (χ3v) is 5.52. The normalized spacial score (nSPS) is 23.2. The number of amides is 1. The summed E-state index contributed by atoms with van der Waals surface area (Å²) in [5, 5.41) is 9.37. The second-order valence-corrected chi connectivity index (χ2v) is 7.22. The molecule has 0 saturated carbocycles. The zero-order valence-corrected chi connectivity index (χ0v) is 14.2. The van der Waals surface area contributed by atoms with Crippen molar-refractivity contribution < 1.29 is 23.5 Å². The summed E-state index contributed by atoms with van der Waals surface area (Å²) in [6.07, 6.45) is 1.96. The minimum atomic E-state index is -0.962. The van der Waals surface area contributed by atoms with E-state index in [1.165, 1.54) is 17.9 Å². The van der Waals surface area contributed by atoms with E-state index in [0.717, 1.165) is 25.0 Å². The number of aliphatic carboxylic acids is 1. The molecule has 2 aliphatic rings. The second-order valence-electron chi connectivity index (χ2n) is 7.22. The third kappa shape index (κ3) is 3.66. The standard InChI is InChI=1S/C18H22F2N2O3/c1-12(23)22-11-18(9-16(22)17(24)25)4-6-21(7-5-18)10-13-8-14(19)2-3-15(13)20/h2-3,8,16H,4-7,9-11H2,1H3,(H,24,25). The molecule has 1 unspecified atom stereocenters. The van der Waals surface area contributed by atoms with Crippen LogP contribution < -0.4 is 0 Å². The fraction of sp³-hybridized carbons (Fsp3) is 0.556. The molecule has 1 atom stereocenters. The maximum absolute atomic E-state index is 13.8. The van der Waals surface area contributed by atoms with Gasteiger partial charge in [0.25, 0.3) is 0 Å². The van der Waals surface area contributed by atoms with Gasteiger partial charge < -0.3 is 10.0 Å². The van der Waals surface area contributed by atoms with E-state index in [1.807, 2.05) is 0 Å². The third-order valence-electron chi connectivity index (χ3n) is 5.52. The minimum absolute atomic E-state index is 0.189. The molecule has 1 aromatic rings. The van der Waals surface area contributed by atoms with Crippen LogP contribution in [0.2, 0.25) is 0 Å². The Morgan fingerprint density at radius 2 is 1.96 bits per heavy atom. The predicted molar refractivity (Wildman–Crippen MR) is 86.7 cm³/mol. The average molecular weight is 352 g/mol. The summed E-state index contributed by atoms with van der Waals surface area (Å²) in [5.41, 5.74) is 0.141. The molecular weight excluding hydrogens is 330 g/mol. The van der Waals surface area contributed by atoms with E-state index in [4.69, 9.17) is 0 Å². The summed E-state index contributed by atoms with van der Waals surface area (Å²) in [7, 11) is 0. The van der Waals surface area contributed by atoms with E-state index < -0.39 is 23.6 Å². The highest BCUT2D eigenvalue weighted by Crippen LogP contribution is 2.43. The molecule has 0 radical (unpaired) electrons. The van der Waals surface area contributed by atoms with Crippen LogP contribution in [0, 0.1) is 17.0 Å². The number of nitrogens with zero attached hydrogens (tertiary/aromatic N) is 2. The number of likely N-dealkylation sites (tertiary alicyclic amines) is 2. The van der Waals surface area contributed by atoms with Crippen molar-refractivity contribution in [2.75, 3.05) is 19.6 Å². The topological polar surface area (TPSA) is 60.9 Å². The largest absolute Gasteiger partial charge is 0.480 e. The predicted octanol–water partition coefficient (Wildman–Crippen LogP) is 2.25. The van der Waals surface area contributed by atoms with E-state index in [1.54, 1.807) is 0 Å². The number of benzene rings is 1. The van der Waals surface area contributed by atoms with Crippen LogP contribution in [0.25, 0.3) is 0 Å². The SMILES string of the molecule is CC(=O)N1CC2(CCN(Cc3cc(F)ccc3F)CC2)CC1C(=O)O. The summed E-state index contributed by atoms with van der Waals surface area (Å²) in [6.45, 7) is 3.54. The van der Waals surface area contributed by atoms with Gasteiger partial charge in [0.05, 0.1) is 0 Å². The molecule has 136 valence electrons. The van der Waals surface area contributed by atoms with Gasteiger partial charge in [0.2, 0.25) is 5.91 Å². The first-order valence-corrected chi connectivity index (χ1v) is 8.46. The summed E-state index contributed by atoms with van der Waals surface area (Å²) >= 11 is 0. The van der Waals surface area contributed by atoms with Gasteiger partial charge in [-0.3, -0.25) is 9.69 Å². The highest BCUT2D eigenvalue weighted by atomic mass is 19.1. The second kappa shape index (κ2) is 6.71. The summed E-state index contributed by atoms with van der Waals surface area (Å²) in [4.78, 5) is 26.7. The van der Waals surface area contributed by atoms with E-state index in [9.17, 15) is 23.5 Å². The first-order valence-electron chi connectivity index (χ1n) is 8.46. The molecule has 2 heterocycles. The zero-order chi connectivity index (χ0) is 18.2. The van der Waals surface area contributed by atoms with Gasteiger partial charge in [-0.2, -0.15) is 0 Å². The Labute approximate surface area is 145 Å². The van der Waals surface area contributed by atoms with Gasteiger partial charge in [-0.1, -0.05) is 0 Å². The van der Waals surface area contributed by atoms with Crippen LogP contribution >= 0.6 is 0 Å². The first kappa shape index (κ1) is 17.8. The van der Waals surface area contributed by atoms with E-state index >= 15 is 0 Å². The van der Waals surface area contributed by atoms with E-state index in [-0.39, 0.29) is 11.3 Å². The molecule has 5 nitrogen and oxygen atoms in total. The molecule has 25 heavy (non-hydrogen) atoms. The molecule has 2 aliphatic heterocycles. The number of halogens is 2. The van der Waals surface area contributed by atoms with Gasteiger partial charge in [-0.15, -0.1) is 0 Å². The van der Waals surface area contributed by atoms with Crippen molar-refractivity contribution in [1.82, 2.24) is 9.80 Å². The molecule has 1 amide bonds. The number of hydrogen-bond acceptors (Lipinski definition) is 3. The van der Waals surface area contributed by atoms with Gasteiger partial charge in [0.1, 0.15) is 17.7 Å². The van der Waals surface area contributed by atoms with Crippen LogP contribution in [0.5, 0.6) is 0 Å². The molecule has 0 aromatic heterocycles. The van der Waals surface area contributed by atoms with Gasteiger partial charge >= 0.3 is 5.97 Å². The fourth-order valence-corrected chi connectivity index (χ4v) is 4.06. The molecule has 1 aromatic carbocycles. The highest BCUT2D eigenvalue weighted by molar-refractivity contribution is 5.83. The summed E-state index contributed by atoms with van der Waals surface area (Å²) in [6, 6.07) is 2.69. The Kier molecular flexibility index (Phi) is 4.77. The summed E-state index contributed by atoms with van der Waals surface area (Å²) in [5.74, 6) is -2.05. The molecule has 1 N–H and O–H groups in total. The van der Waals surface area contributed by atoms with Crippen LogP contribution in [-0.4, -0.2) is 52.5 Å². The van der Waals surface area contributed by atoms with Gasteiger partial charge in [-0.05, 0) is 56.0 Å². The van der Waals surface area contributed by atoms with E-state index in [0.29, 0.717) is 38.2 Å². The van der Waals surface area contributed by atoms with E-state index in [2.05, 4.69) is 4.90 Å². The zero-order valence-electron chi connectivity index (χ0n) is 14.2. The maximum Gasteiger partial charge on any atom is 0.326 e. The molecule has 0 aliphatic carbocycles. The highest BCUT2D eigenvalue weighted by Gasteiger charge is 2.49. The maximum atomic E-state index is 13.8. The molecule has 0 bridgehead atoms. The minimum Gasteiger partial charge on any atom is -0.480 e. The average Bonchev–Trinajstić information content (AvgIpc) is 2.93. The quantitative estimate of drug-likeness (QED) is 0.906. The number of carboxylic acids is 1. The van der Waals surface area contributed by atoms with Crippen molar-refractivity contribution >= 4 is 11.9 Å². The number of hydrogen-bond donors (Lipinski definition) is 1. The number of rotatable bonds is 3. The smallest absolute Gasteiger partial charge is 0.326 e. The van der Waals surface area contributed by atoms with Crippen molar-refractivity contribution in [3.05, 3.63) is 35.4 Å². The molecular formula is C18H22F2N2O3. The van der Waals surface area contributed by atoms with Crippen LogP contribution in [0.4, 0.5) is 8.78 Å². The summed E-state index contributed by atoms with van der Waals surface area (Å²) < 4.78 is 27.1. The van der Waals surface area contributed by atoms with Crippen molar-refractivity contribution in [2.45, 2.75) is 38.8 Å². The Morgan fingerprint density at radius 1 is 1.28 bits per heavy atom. The number of carbonyl (C=O) groups excluding carboxylic acids is 1. The Bertz CT molecular complexity index is 663. The van der Waals surface area contributed by atoms with Crippen LogP contribution in [0.15, 0.2) is 18.2 Å². The number of carbonyl (C=O) groups is 2. The first-order chi connectivity index (χ1) is 11.8. The van der Waals surface area contributed by atoms with Gasteiger partial charge in [0.15, 0.2) is 0 Å².